The van der Waals surface area contributed by atoms with Crippen LogP contribution in [0.15, 0.2) is 30.3 Å². The Labute approximate surface area is 182 Å². The van der Waals surface area contributed by atoms with E-state index in [0.29, 0.717) is 24.5 Å². The van der Waals surface area contributed by atoms with Gasteiger partial charge in [0.2, 0.25) is 5.88 Å². The summed E-state index contributed by atoms with van der Waals surface area (Å²) in [4.78, 5) is 21.3. The van der Waals surface area contributed by atoms with Gasteiger partial charge >= 0.3 is 0 Å². The van der Waals surface area contributed by atoms with Gasteiger partial charge < -0.3 is 14.5 Å². The average Bonchev–Trinajstić information content (AvgIpc) is 3.05. The number of aromatic nitrogens is 3. The predicted octanol–water partition coefficient (Wildman–Crippen LogP) is 2.43. The van der Waals surface area contributed by atoms with Crippen molar-refractivity contribution in [2.45, 2.75) is 20.4 Å². The monoisotopic (exact) mass is 420 g/mol. The predicted molar refractivity (Wildman–Crippen MR) is 119 cm³/mol. The standard InChI is InChI=1S/C23H28N6O2/c1-16-12-17(2)25-22-21(16)23(26-28(22)5)31-15-20(30)29(11-10-27(3)4)14-19-8-6-18(13-24)7-9-19/h6-9,12H,10-11,14-15H2,1-5H3. The van der Waals surface area contributed by atoms with Crippen molar-refractivity contribution >= 4 is 16.9 Å². The molecule has 0 aliphatic rings. The third-order valence-electron chi connectivity index (χ3n) is 5.05. The molecule has 0 atom stereocenters. The van der Waals surface area contributed by atoms with E-state index in [9.17, 15) is 4.79 Å². The zero-order valence-corrected chi connectivity index (χ0v) is 18.7. The number of amides is 1. The fraction of sp³-hybridized carbons (Fsp3) is 0.391. The number of carbonyl (C=O) groups excluding carboxylic acids is 1. The molecule has 0 spiro atoms. The Morgan fingerprint density at radius 3 is 2.55 bits per heavy atom. The molecule has 0 N–H and O–H groups in total. The van der Waals surface area contributed by atoms with E-state index < -0.39 is 0 Å². The van der Waals surface area contributed by atoms with Gasteiger partial charge in [-0.2, -0.15) is 5.26 Å². The Balaban J connectivity index is 1.75. The Hall–Kier alpha value is -3.44. The summed E-state index contributed by atoms with van der Waals surface area (Å²) in [6, 6.07) is 11.4. The number of aryl methyl sites for hydroxylation is 3. The van der Waals surface area contributed by atoms with Crippen molar-refractivity contribution in [3.8, 4) is 11.9 Å². The number of nitrogens with zero attached hydrogens (tertiary/aromatic N) is 6. The maximum Gasteiger partial charge on any atom is 0.260 e. The molecule has 2 aromatic heterocycles. The summed E-state index contributed by atoms with van der Waals surface area (Å²) < 4.78 is 7.54. The molecular weight excluding hydrogens is 392 g/mol. The average molecular weight is 421 g/mol. The second kappa shape index (κ2) is 9.58. The molecule has 8 heteroatoms. The first-order valence-electron chi connectivity index (χ1n) is 10.1. The Morgan fingerprint density at radius 1 is 1.19 bits per heavy atom. The minimum Gasteiger partial charge on any atom is -0.466 e. The lowest BCUT2D eigenvalue weighted by Gasteiger charge is -2.24. The molecule has 162 valence electrons. The van der Waals surface area contributed by atoms with Gasteiger partial charge in [-0.1, -0.05) is 12.1 Å². The van der Waals surface area contributed by atoms with Crippen LogP contribution in [0.3, 0.4) is 0 Å². The van der Waals surface area contributed by atoms with E-state index in [1.54, 1.807) is 21.7 Å². The molecule has 0 saturated heterocycles. The summed E-state index contributed by atoms with van der Waals surface area (Å²) in [5.41, 5.74) is 4.22. The van der Waals surface area contributed by atoms with Gasteiger partial charge in [-0.05, 0) is 57.3 Å². The van der Waals surface area contributed by atoms with Crippen molar-refractivity contribution in [1.82, 2.24) is 24.6 Å². The third kappa shape index (κ3) is 5.38. The molecule has 8 nitrogen and oxygen atoms in total. The van der Waals surface area contributed by atoms with Gasteiger partial charge in [0.1, 0.15) is 0 Å². The van der Waals surface area contributed by atoms with Gasteiger partial charge in [0.15, 0.2) is 12.3 Å². The molecule has 0 bridgehead atoms. The van der Waals surface area contributed by atoms with Crippen LogP contribution in [0, 0.1) is 25.2 Å². The maximum atomic E-state index is 13.0. The van der Waals surface area contributed by atoms with Gasteiger partial charge in [-0.25, -0.2) is 9.67 Å². The SMILES string of the molecule is Cc1cc(C)c2c(OCC(=O)N(CCN(C)C)Cc3ccc(C#N)cc3)nn(C)c2n1. The molecule has 0 aliphatic carbocycles. The molecule has 0 aliphatic heterocycles. The van der Waals surface area contributed by atoms with Crippen molar-refractivity contribution in [1.29, 1.82) is 5.26 Å². The van der Waals surface area contributed by atoms with E-state index in [2.05, 4.69) is 16.2 Å². The van der Waals surface area contributed by atoms with Crippen LogP contribution in [0.25, 0.3) is 11.0 Å². The van der Waals surface area contributed by atoms with E-state index >= 15 is 0 Å². The molecule has 0 saturated carbocycles. The largest absolute Gasteiger partial charge is 0.466 e. The molecule has 0 unspecified atom stereocenters. The Morgan fingerprint density at radius 2 is 1.90 bits per heavy atom. The van der Waals surface area contributed by atoms with Gasteiger partial charge in [0, 0.05) is 32.4 Å². The highest BCUT2D eigenvalue weighted by molar-refractivity contribution is 5.85. The number of ether oxygens (including phenoxy) is 1. The zero-order chi connectivity index (χ0) is 22.5. The number of likely N-dealkylation sites (N-methyl/N-ethyl adjacent to an activating group) is 1. The molecule has 0 radical (unpaired) electrons. The normalized spacial score (nSPS) is 11.0. The van der Waals surface area contributed by atoms with Crippen LogP contribution in [-0.4, -0.2) is 64.3 Å². The Bertz CT molecular complexity index is 1110. The van der Waals surface area contributed by atoms with Crippen LogP contribution in [0.4, 0.5) is 0 Å². The highest BCUT2D eigenvalue weighted by Gasteiger charge is 2.19. The smallest absolute Gasteiger partial charge is 0.260 e. The number of benzene rings is 1. The third-order valence-corrected chi connectivity index (χ3v) is 5.05. The van der Waals surface area contributed by atoms with Gasteiger partial charge in [0.25, 0.3) is 5.91 Å². The first kappa shape index (κ1) is 22.2. The number of fused-ring (bicyclic) bond motifs is 1. The second-order valence-electron chi connectivity index (χ2n) is 7.92. The van der Waals surface area contributed by atoms with E-state index in [4.69, 9.17) is 10.00 Å². The van der Waals surface area contributed by atoms with Crippen molar-refractivity contribution in [2.75, 3.05) is 33.8 Å². The molecule has 1 aromatic carbocycles. The van der Waals surface area contributed by atoms with Crippen molar-refractivity contribution < 1.29 is 9.53 Å². The summed E-state index contributed by atoms with van der Waals surface area (Å²) in [6.45, 7) is 5.57. The van der Waals surface area contributed by atoms with E-state index in [1.807, 2.05) is 58.1 Å². The van der Waals surface area contributed by atoms with Crippen LogP contribution in [0.1, 0.15) is 22.4 Å². The molecule has 0 fully saturated rings. The number of hydrogen-bond acceptors (Lipinski definition) is 6. The van der Waals surface area contributed by atoms with Crippen LogP contribution in [0.2, 0.25) is 0 Å². The van der Waals surface area contributed by atoms with E-state index in [-0.39, 0.29) is 12.5 Å². The Kier molecular flexibility index (Phi) is 6.88. The minimum atomic E-state index is -0.122. The molecule has 2 heterocycles. The fourth-order valence-electron chi connectivity index (χ4n) is 3.39. The van der Waals surface area contributed by atoms with Crippen LogP contribution < -0.4 is 4.74 Å². The molecule has 31 heavy (non-hydrogen) atoms. The number of rotatable bonds is 8. The fourth-order valence-corrected chi connectivity index (χ4v) is 3.39. The summed E-state index contributed by atoms with van der Waals surface area (Å²) >= 11 is 0. The quantitative estimate of drug-likeness (QED) is 0.556. The minimum absolute atomic E-state index is 0.108. The van der Waals surface area contributed by atoms with Crippen molar-refractivity contribution in [3.05, 3.63) is 52.7 Å². The number of carbonyl (C=O) groups is 1. The summed E-state index contributed by atoms with van der Waals surface area (Å²) in [5.74, 6) is 0.296. The van der Waals surface area contributed by atoms with Crippen LogP contribution >= 0.6 is 0 Å². The van der Waals surface area contributed by atoms with E-state index in [0.717, 1.165) is 34.4 Å². The molecule has 1 amide bonds. The van der Waals surface area contributed by atoms with Crippen molar-refractivity contribution in [3.63, 3.8) is 0 Å². The van der Waals surface area contributed by atoms with Gasteiger partial charge in [-0.15, -0.1) is 5.10 Å². The number of nitriles is 1. The van der Waals surface area contributed by atoms with Gasteiger partial charge in [0.05, 0.1) is 17.0 Å². The maximum absolute atomic E-state index is 13.0. The lowest BCUT2D eigenvalue weighted by molar-refractivity contribution is -0.134. The molecular formula is C23H28N6O2. The van der Waals surface area contributed by atoms with Gasteiger partial charge in [-0.3, -0.25) is 4.79 Å². The van der Waals surface area contributed by atoms with Crippen LogP contribution in [-0.2, 0) is 18.4 Å². The summed E-state index contributed by atoms with van der Waals surface area (Å²) in [6.07, 6.45) is 0. The summed E-state index contributed by atoms with van der Waals surface area (Å²) in [7, 11) is 5.76. The first-order valence-corrected chi connectivity index (χ1v) is 10.1. The first-order chi connectivity index (χ1) is 14.8. The van der Waals surface area contributed by atoms with Crippen LogP contribution in [0.5, 0.6) is 5.88 Å². The topological polar surface area (TPSA) is 87.3 Å². The summed E-state index contributed by atoms with van der Waals surface area (Å²) in [5, 5.41) is 14.2. The lowest BCUT2D eigenvalue weighted by atomic mass is 10.1. The van der Waals surface area contributed by atoms with E-state index in [1.165, 1.54) is 0 Å². The number of pyridine rings is 1. The zero-order valence-electron chi connectivity index (χ0n) is 18.7. The molecule has 3 rings (SSSR count). The second-order valence-corrected chi connectivity index (χ2v) is 7.92. The van der Waals surface area contributed by atoms with Crippen molar-refractivity contribution in [2.24, 2.45) is 7.05 Å². The lowest BCUT2D eigenvalue weighted by Crippen LogP contribution is -2.39. The molecule has 3 aromatic rings. The number of hydrogen-bond donors (Lipinski definition) is 0. The highest BCUT2D eigenvalue weighted by atomic mass is 16.5. The highest BCUT2D eigenvalue weighted by Crippen LogP contribution is 2.27.